The molecule has 0 bridgehead atoms. The van der Waals surface area contributed by atoms with E-state index in [0.29, 0.717) is 19.6 Å². The number of amides is 1. The van der Waals surface area contributed by atoms with Crippen LogP contribution in [-0.2, 0) is 11.3 Å². The summed E-state index contributed by atoms with van der Waals surface area (Å²) in [6.45, 7) is 4.04. The molecule has 1 fully saturated rings. The molecule has 0 saturated carbocycles. The number of carbonyl (C=O) groups is 1. The van der Waals surface area contributed by atoms with E-state index < -0.39 is 12.2 Å². The molecular weight excluding hydrogens is 334 g/mol. The van der Waals surface area contributed by atoms with Crippen molar-refractivity contribution < 1.29 is 19.7 Å². The fraction of sp³-hybridized carbons (Fsp3) is 0.632. The van der Waals surface area contributed by atoms with Crippen LogP contribution in [0.5, 0.6) is 5.75 Å². The van der Waals surface area contributed by atoms with Crippen LogP contribution in [0, 0.1) is 0 Å². The summed E-state index contributed by atoms with van der Waals surface area (Å²) in [7, 11) is 4.01. The second-order valence-corrected chi connectivity index (χ2v) is 7.16. The standard InChI is InChI=1S/C19H31N3O4/c1-14(23)22-12-16(24)10-18(19(25)13-22)20-11-15-4-6-17(7-5-15)26-9-8-21(2)3/h4-7,16,18-20,24-25H,8-13H2,1-3H3/t16-,18-,19-/m1/s1. The minimum atomic E-state index is -0.704. The molecular formula is C19H31N3O4. The lowest BCUT2D eigenvalue weighted by Crippen LogP contribution is -2.44. The molecule has 0 unspecified atom stereocenters. The molecule has 7 nitrogen and oxygen atoms in total. The van der Waals surface area contributed by atoms with Gasteiger partial charge in [0.2, 0.25) is 5.91 Å². The average Bonchev–Trinajstić information content (AvgIpc) is 2.72. The van der Waals surface area contributed by atoms with E-state index >= 15 is 0 Å². The highest BCUT2D eigenvalue weighted by Gasteiger charge is 2.30. The zero-order valence-electron chi connectivity index (χ0n) is 15.9. The molecule has 1 aromatic rings. The number of nitrogens with one attached hydrogen (secondary N) is 1. The van der Waals surface area contributed by atoms with Gasteiger partial charge < -0.3 is 30.1 Å². The van der Waals surface area contributed by atoms with Gasteiger partial charge in [0.1, 0.15) is 12.4 Å². The molecule has 1 amide bonds. The number of rotatable bonds is 7. The van der Waals surface area contributed by atoms with E-state index in [2.05, 4.69) is 10.2 Å². The molecule has 2 rings (SSSR count). The van der Waals surface area contributed by atoms with Crippen molar-refractivity contribution in [1.82, 2.24) is 15.1 Å². The summed E-state index contributed by atoms with van der Waals surface area (Å²) < 4.78 is 5.68. The lowest BCUT2D eigenvalue weighted by Gasteiger charge is -2.24. The average molecular weight is 365 g/mol. The van der Waals surface area contributed by atoms with Crippen molar-refractivity contribution in [3.63, 3.8) is 0 Å². The first-order valence-electron chi connectivity index (χ1n) is 9.06. The first kappa shape index (κ1) is 20.6. The first-order valence-corrected chi connectivity index (χ1v) is 9.06. The molecule has 3 N–H and O–H groups in total. The van der Waals surface area contributed by atoms with Crippen molar-refractivity contribution in [2.75, 3.05) is 40.3 Å². The summed E-state index contributed by atoms with van der Waals surface area (Å²) in [5, 5.41) is 23.7. The van der Waals surface area contributed by atoms with Crippen LogP contribution in [0.1, 0.15) is 18.9 Å². The van der Waals surface area contributed by atoms with Gasteiger partial charge in [-0.3, -0.25) is 4.79 Å². The van der Waals surface area contributed by atoms with E-state index in [1.807, 2.05) is 38.4 Å². The number of likely N-dealkylation sites (N-methyl/N-ethyl adjacent to an activating group) is 1. The van der Waals surface area contributed by atoms with E-state index in [9.17, 15) is 15.0 Å². The third-order valence-electron chi connectivity index (χ3n) is 4.57. The second kappa shape index (κ2) is 9.87. The summed E-state index contributed by atoms with van der Waals surface area (Å²) in [4.78, 5) is 15.1. The van der Waals surface area contributed by atoms with Crippen molar-refractivity contribution in [3.05, 3.63) is 29.8 Å². The lowest BCUT2D eigenvalue weighted by atomic mass is 10.0. The smallest absolute Gasteiger partial charge is 0.219 e. The molecule has 26 heavy (non-hydrogen) atoms. The number of benzene rings is 1. The van der Waals surface area contributed by atoms with Gasteiger partial charge in [-0.15, -0.1) is 0 Å². The first-order chi connectivity index (χ1) is 12.3. The predicted octanol–water partition coefficient (Wildman–Crippen LogP) is 0.0592. The molecule has 0 aromatic heterocycles. The Morgan fingerprint density at radius 1 is 1.27 bits per heavy atom. The quantitative estimate of drug-likeness (QED) is 0.634. The number of hydrogen-bond acceptors (Lipinski definition) is 6. The van der Waals surface area contributed by atoms with Crippen LogP contribution in [0.15, 0.2) is 24.3 Å². The fourth-order valence-electron chi connectivity index (χ4n) is 2.98. The van der Waals surface area contributed by atoms with E-state index in [0.717, 1.165) is 17.9 Å². The van der Waals surface area contributed by atoms with Crippen molar-refractivity contribution in [1.29, 1.82) is 0 Å². The van der Waals surface area contributed by atoms with Gasteiger partial charge in [-0.1, -0.05) is 12.1 Å². The summed E-state index contributed by atoms with van der Waals surface area (Å²) >= 11 is 0. The van der Waals surface area contributed by atoms with Gasteiger partial charge in [0.15, 0.2) is 0 Å². The van der Waals surface area contributed by atoms with Crippen molar-refractivity contribution >= 4 is 5.91 Å². The number of aliphatic hydroxyl groups excluding tert-OH is 2. The zero-order chi connectivity index (χ0) is 19.1. The largest absolute Gasteiger partial charge is 0.492 e. The maximum absolute atomic E-state index is 11.5. The number of hydrogen-bond donors (Lipinski definition) is 3. The minimum Gasteiger partial charge on any atom is -0.492 e. The Morgan fingerprint density at radius 3 is 2.58 bits per heavy atom. The number of aliphatic hydroxyl groups is 2. The number of ether oxygens (including phenoxy) is 1. The van der Waals surface area contributed by atoms with E-state index in [-0.39, 0.29) is 25.0 Å². The molecule has 1 aliphatic rings. The topological polar surface area (TPSA) is 85.3 Å². The van der Waals surface area contributed by atoms with Crippen molar-refractivity contribution in [2.45, 2.75) is 38.1 Å². The van der Waals surface area contributed by atoms with Crippen LogP contribution in [0.3, 0.4) is 0 Å². The summed E-state index contributed by atoms with van der Waals surface area (Å²) in [6.07, 6.45) is -0.929. The summed E-state index contributed by atoms with van der Waals surface area (Å²) in [6, 6.07) is 7.58. The Morgan fingerprint density at radius 2 is 1.96 bits per heavy atom. The summed E-state index contributed by atoms with van der Waals surface area (Å²) in [5.41, 5.74) is 1.07. The minimum absolute atomic E-state index is 0.131. The lowest BCUT2D eigenvalue weighted by molar-refractivity contribution is -0.131. The molecule has 0 spiro atoms. The number of likely N-dealkylation sites (tertiary alicyclic amines) is 1. The number of nitrogens with zero attached hydrogens (tertiary/aromatic N) is 2. The van der Waals surface area contributed by atoms with Crippen LogP contribution in [0.4, 0.5) is 0 Å². The molecule has 1 aromatic carbocycles. The van der Waals surface area contributed by atoms with Gasteiger partial charge in [0, 0.05) is 39.1 Å². The molecule has 146 valence electrons. The molecule has 7 heteroatoms. The Bertz CT molecular complexity index is 564. The van der Waals surface area contributed by atoms with E-state index in [1.165, 1.54) is 11.8 Å². The number of β-amino-alcohol motifs (C(OH)–C–C–N with tert-alkyl or cyclic N) is 2. The Hall–Kier alpha value is -1.67. The highest BCUT2D eigenvalue weighted by atomic mass is 16.5. The number of carbonyl (C=O) groups excluding carboxylic acids is 1. The third kappa shape index (κ3) is 6.57. The van der Waals surface area contributed by atoms with Crippen LogP contribution < -0.4 is 10.1 Å². The van der Waals surface area contributed by atoms with Crippen LogP contribution in [0.25, 0.3) is 0 Å². The highest BCUT2D eigenvalue weighted by molar-refractivity contribution is 5.73. The van der Waals surface area contributed by atoms with E-state index in [4.69, 9.17) is 4.74 Å². The Balaban J connectivity index is 1.84. The Labute approximate surface area is 155 Å². The predicted molar refractivity (Wildman–Crippen MR) is 100 cm³/mol. The van der Waals surface area contributed by atoms with Crippen molar-refractivity contribution in [2.24, 2.45) is 0 Å². The molecule has 1 aliphatic heterocycles. The fourth-order valence-corrected chi connectivity index (χ4v) is 2.98. The van der Waals surface area contributed by atoms with Gasteiger partial charge >= 0.3 is 0 Å². The third-order valence-corrected chi connectivity index (χ3v) is 4.57. The molecule has 1 saturated heterocycles. The van der Waals surface area contributed by atoms with Gasteiger partial charge in [0.25, 0.3) is 0 Å². The van der Waals surface area contributed by atoms with Crippen LogP contribution in [-0.4, -0.2) is 84.5 Å². The van der Waals surface area contributed by atoms with Crippen molar-refractivity contribution in [3.8, 4) is 5.75 Å². The second-order valence-electron chi connectivity index (χ2n) is 7.16. The van der Waals surface area contributed by atoms with Crippen LogP contribution in [0.2, 0.25) is 0 Å². The molecule has 1 heterocycles. The molecule has 0 radical (unpaired) electrons. The van der Waals surface area contributed by atoms with Gasteiger partial charge in [-0.05, 0) is 38.2 Å². The molecule has 3 atom stereocenters. The van der Waals surface area contributed by atoms with E-state index in [1.54, 1.807) is 0 Å². The van der Waals surface area contributed by atoms with Crippen LogP contribution >= 0.6 is 0 Å². The summed E-state index contributed by atoms with van der Waals surface area (Å²) in [5.74, 6) is 0.700. The maximum atomic E-state index is 11.5. The Kier molecular flexibility index (Phi) is 7.84. The van der Waals surface area contributed by atoms with Gasteiger partial charge in [-0.25, -0.2) is 0 Å². The normalized spacial score (nSPS) is 23.8. The monoisotopic (exact) mass is 365 g/mol. The van der Waals surface area contributed by atoms with Gasteiger partial charge in [0.05, 0.1) is 12.2 Å². The SMILES string of the molecule is CC(=O)N1C[C@H](O)C[C@@H](NCc2ccc(OCCN(C)C)cc2)[C@H](O)C1. The molecule has 0 aliphatic carbocycles. The van der Waals surface area contributed by atoms with Gasteiger partial charge in [-0.2, -0.15) is 0 Å². The highest BCUT2D eigenvalue weighted by Crippen LogP contribution is 2.15. The maximum Gasteiger partial charge on any atom is 0.219 e. The zero-order valence-corrected chi connectivity index (χ0v) is 15.9.